The van der Waals surface area contributed by atoms with Crippen LogP contribution in [0.1, 0.15) is 29.2 Å². The maximum Gasteiger partial charge on any atom is 0.267 e. The molecule has 0 saturated carbocycles. The third-order valence-corrected chi connectivity index (χ3v) is 6.18. The molecule has 0 radical (unpaired) electrons. The Kier molecular flexibility index (Phi) is 6.90. The Morgan fingerprint density at radius 2 is 2.12 bits per heavy atom. The minimum Gasteiger partial charge on any atom is -0.497 e. The van der Waals surface area contributed by atoms with Crippen molar-refractivity contribution in [1.82, 2.24) is 14.9 Å². The molecule has 7 heteroatoms. The zero-order chi connectivity index (χ0) is 22.5. The molecule has 2 aromatic carbocycles. The van der Waals surface area contributed by atoms with Gasteiger partial charge in [0.15, 0.2) is 0 Å². The number of hydrogen-bond donors (Lipinski definition) is 3. The standard InChI is InChI=1S/C25H29N3O4/c1-32-21-5-8-23-20(17-21)10-11-27(23)12-13-28(14-15-29)24-7-4-19-16-18(2-6-22(19)24)3-9-25(30)26-31/h2-3,5-6,8-11,16-17,24,29,31H,4,7,12-15H2,1H3,(H,26,30). The summed E-state index contributed by atoms with van der Waals surface area (Å²) in [5.41, 5.74) is 6.25. The Morgan fingerprint density at radius 1 is 1.25 bits per heavy atom. The lowest BCUT2D eigenvalue weighted by molar-refractivity contribution is -0.124. The van der Waals surface area contributed by atoms with E-state index in [1.54, 1.807) is 18.7 Å². The van der Waals surface area contributed by atoms with E-state index in [0.717, 1.165) is 42.6 Å². The average Bonchev–Trinajstić information content (AvgIpc) is 3.43. The molecule has 0 spiro atoms. The highest BCUT2D eigenvalue weighted by Crippen LogP contribution is 2.36. The van der Waals surface area contributed by atoms with Gasteiger partial charge in [-0.15, -0.1) is 0 Å². The summed E-state index contributed by atoms with van der Waals surface area (Å²) in [5.74, 6) is 0.305. The van der Waals surface area contributed by atoms with Crippen molar-refractivity contribution in [3.05, 3.63) is 71.4 Å². The molecule has 0 fully saturated rings. The number of rotatable bonds is 9. The number of aliphatic hydroxyl groups is 1. The van der Waals surface area contributed by atoms with Crippen LogP contribution < -0.4 is 10.2 Å². The molecule has 32 heavy (non-hydrogen) atoms. The topological polar surface area (TPSA) is 87.0 Å². The first-order valence-electron chi connectivity index (χ1n) is 10.9. The SMILES string of the molecule is COc1ccc2c(ccn2CCN(CCO)C2CCc3cc(C=CC(=O)NO)ccc32)c1. The number of amides is 1. The van der Waals surface area contributed by atoms with Crippen molar-refractivity contribution in [3.63, 3.8) is 0 Å². The van der Waals surface area contributed by atoms with Crippen LogP contribution in [0.5, 0.6) is 5.75 Å². The van der Waals surface area contributed by atoms with Gasteiger partial charge in [0, 0.05) is 48.9 Å². The number of carbonyl (C=O) groups excluding carboxylic acids is 1. The van der Waals surface area contributed by atoms with E-state index in [1.165, 1.54) is 22.7 Å². The molecule has 0 saturated heterocycles. The molecule has 4 rings (SSSR count). The van der Waals surface area contributed by atoms with E-state index in [9.17, 15) is 9.90 Å². The average molecular weight is 436 g/mol. The van der Waals surface area contributed by atoms with Gasteiger partial charge in [0.25, 0.3) is 5.91 Å². The van der Waals surface area contributed by atoms with Crippen LogP contribution in [0.3, 0.4) is 0 Å². The molecule has 1 heterocycles. The van der Waals surface area contributed by atoms with Crippen LogP contribution >= 0.6 is 0 Å². The predicted molar refractivity (Wildman–Crippen MR) is 124 cm³/mol. The number of methoxy groups -OCH3 is 1. The third kappa shape index (κ3) is 4.70. The van der Waals surface area contributed by atoms with Crippen molar-refractivity contribution < 1.29 is 19.8 Å². The summed E-state index contributed by atoms with van der Waals surface area (Å²) in [6.07, 6.45) is 7.07. The second-order valence-electron chi connectivity index (χ2n) is 8.02. The van der Waals surface area contributed by atoms with Crippen LogP contribution in [0.2, 0.25) is 0 Å². The number of hydrogen-bond acceptors (Lipinski definition) is 5. The monoisotopic (exact) mass is 435 g/mol. The van der Waals surface area contributed by atoms with Crippen molar-refractivity contribution in [3.8, 4) is 5.75 Å². The normalized spacial score (nSPS) is 15.6. The van der Waals surface area contributed by atoms with Gasteiger partial charge < -0.3 is 14.4 Å². The van der Waals surface area contributed by atoms with Crippen LogP contribution in [0.25, 0.3) is 17.0 Å². The van der Waals surface area contributed by atoms with Crippen LogP contribution in [0, 0.1) is 0 Å². The number of benzene rings is 2. The summed E-state index contributed by atoms with van der Waals surface area (Å²) in [5, 5.41) is 19.5. The lowest BCUT2D eigenvalue weighted by Gasteiger charge is -2.29. The minimum atomic E-state index is -0.548. The fourth-order valence-corrected chi connectivity index (χ4v) is 4.60. The van der Waals surface area contributed by atoms with E-state index in [0.29, 0.717) is 6.54 Å². The number of nitrogens with one attached hydrogen (secondary N) is 1. The maximum absolute atomic E-state index is 11.2. The minimum absolute atomic E-state index is 0.118. The van der Waals surface area contributed by atoms with Gasteiger partial charge in [-0.1, -0.05) is 18.2 Å². The zero-order valence-corrected chi connectivity index (χ0v) is 18.2. The second-order valence-corrected chi connectivity index (χ2v) is 8.02. The van der Waals surface area contributed by atoms with Crippen LogP contribution in [-0.4, -0.2) is 52.5 Å². The van der Waals surface area contributed by atoms with E-state index < -0.39 is 5.91 Å². The maximum atomic E-state index is 11.2. The molecule has 7 nitrogen and oxygen atoms in total. The molecule has 1 aliphatic carbocycles. The zero-order valence-electron chi connectivity index (χ0n) is 18.2. The van der Waals surface area contributed by atoms with Crippen LogP contribution in [0.4, 0.5) is 0 Å². The molecule has 1 aromatic heterocycles. The first kappa shape index (κ1) is 22.1. The van der Waals surface area contributed by atoms with Gasteiger partial charge in [-0.2, -0.15) is 0 Å². The summed E-state index contributed by atoms with van der Waals surface area (Å²) in [7, 11) is 1.68. The van der Waals surface area contributed by atoms with E-state index in [2.05, 4.69) is 39.9 Å². The van der Waals surface area contributed by atoms with Gasteiger partial charge in [0.05, 0.1) is 13.7 Å². The molecule has 168 valence electrons. The van der Waals surface area contributed by atoms with Gasteiger partial charge >= 0.3 is 0 Å². The van der Waals surface area contributed by atoms with Crippen molar-refractivity contribution in [2.24, 2.45) is 0 Å². The smallest absolute Gasteiger partial charge is 0.267 e. The number of ether oxygens (including phenoxy) is 1. The van der Waals surface area contributed by atoms with Crippen molar-refractivity contribution in [2.75, 3.05) is 26.8 Å². The Labute approximate surface area is 187 Å². The fourth-order valence-electron chi connectivity index (χ4n) is 4.60. The van der Waals surface area contributed by atoms with Crippen LogP contribution in [0.15, 0.2) is 54.7 Å². The van der Waals surface area contributed by atoms with E-state index in [-0.39, 0.29) is 12.6 Å². The molecule has 3 aromatic rings. The van der Waals surface area contributed by atoms with Gasteiger partial charge in [0.2, 0.25) is 0 Å². The predicted octanol–water partition coefficient (Wildman–Crippen LogP) is 3.15. The summed E-state index contributed by atoms with van der Waals surface area (Å²) in [4.78, 5) is 13.6. The Balaban J connectivity index is 1.48. The molecular formula is C25H29N3O4. The fraction of sp³-hybridized carbons (Fsp3) is 0.320. The number of aliphatic hydroxyl groups excluding tert-OH is 1. The number of carbonyl (C=O) groups is 1. The number of hydroxylamine groups is 1. The second kappa shape index (κ2) is 9.99. The Bertz CT molecular complexity index is 1120. The molecule has 1 aliphatic rings. The van der Waals surface area contributed by atoms with Gasteiger partial charge in [-0.3, -0.25) is 14.9 Å². The van der Waals surface area contributed by atoms with E-state index in [1.807, 2.05) is 18.2 Å². The third-order valence-electron chi connectivity index (χ3n) is 6.18. The Hall–Kier alpha value is -3.13. The molecular weight excluding hydrogens is 406 g/mol. The summed E-state index contributed by atoms with van der Waals surface area (Å²) in [6.45, 7) is 2.40. The molecule has 1 amide bonds. The molecule has 1 atom stereocenters. The lowest BCUT2D eigenvalue weighted by Crippen LogP contribution is -2.33. The van der Waals surface area contributed by atoms with Gasteiger partial charge in [0.1, 0.15) is 5.75 Å². The first-order chi connectivity index (χ1) is 15.6. The summed E-state index contributed by atoms with van der Waals surface area (Å²) < 4.78 is 7.57. The number of aryl methyl sites for hydroxylation is 1. The van der Waals surface area contributed by atoms with Crippen molar-refractivity contribution >= 4 is 22.9 Å². The highest BCUT2D eigenvalue weighted by Gasteiger charge is 2.27. The first-order valence-corrected chi connectivity index (χ1v) is 10.9. The van der Waals surface area contributed by atoms with E-state index >= 15 is 0 Å². The van der Waals surface area contributed by atoms with E-state index in [4.69, 9.17) is 9.94 Å². The number of aromatic nitrogens is 1. The van der Waals surface area contributed by atoms with Crippen LogP contribution in [-0.2, 0) is 17.8 Å². The van der Waals surface area contributed by atoms with Gasteiger partial charge in [-0.05, 0) is 59.9 Å². The molecule has 3 N–H and O–H groups in total. The summed E-state index contributed by atoms with van der Waals surface area (Å²) in [6, 6.07) is 14.7. The highest BCUT2D eigenvalue weighted by atomic mass is 16.5. The van der Waals surface area contributed by atoms with Crippen molar-refractivity contribution in [1.29, 1.82) is 0 Å². The Morgan fingerprint density at radius 3 is 2.91 bits per heavy atom. The lowest BCUT2D eigenvalue weighted by atomic mass is 10.0. The van der Waals surface area contributed by atoms with Gasteiger partial charge in [-0.25, -0.2) is 5.48 Å². The van der Waals surface area contributed by atoms with Crippen molar-refractivity contribution in [2.45, 2.75) is 25.4 Å². The molecule has 1 unspecified atom stereocenters. The number of fused-ring (bicyclic) bond motifs is 2. The number of nitrogens with zero attached hydrogens (tertiary/aromatic N) is 2. The quantitative estimate of drug-likeness (QED) is 0.273. The summed E-state index contributed by atoms with van der Waals surface area (Å²) >= 11 is 0. The molecule has 0 aliphatic heterocycles. The molecule has 0 bridgehead atoms. The highest BCUT2D eigenvalue weighted by molar-refractivity contribution is 5.90. The largest absolute Gasteiger partial charge is 0.497 e.